The van der Waals surface area contributed by atoms with Gasteiger partial charge in [-0.05, 0) is 56.2 Å². The van der Waals surface area contributed by atoms with E-state index >= 15 is 0 Å². The van der Waals surface area contributed by atoms with Crippen LogP contribution in [0.1, 0.15) is 55.8 Å². The van der Waals surface area contributed by atoms with Crippen molar-refractivity contribution in [3.05, 3.63) is 33.7 Å². The van der Waals surface area contributed by atoms with Crippen LogP contribution in [0.25, 0.3) is 0 Å². The number of aromatic nitrogens is 1. The Balaban J connectivity index is 1.57. The molecule has 3 N–H and O–H groups in total. The molecule has 2 aliphatic carbocycles. The van der Waals surface area contributed by atoms with Gasteiger partial charge in [-0.1, -0.05) is 12.8 Å². The SMILES string of the molecule is O=C(NC1CCCc2[nH]c(=O)ccc21)[C@@]12CCCC[C@H]1CNC2. The summed E-state index contributed by atoms with van der Waals surface area (Å²) in [5, 5.41) is 6.77. The van der Waals surface area contributed by atoms with Crippen molar-refractivity contribution < 1.29 is 4.79 Å². The van der Waals surface area contributed by atoms with E-state index in [-0.39, 0.29) is 22.9 Å². The largest absolute Gasteiger partial charge is 0.349 e. The highest BCUT2D eigenvalue weighted by Gasteiger charge is 2.50. The Morgan fingerprint density at radius 1 is 1.22 bits per heavy atom. The minimum Gasteiger partial charge on any atom is -0.349 e. The zero-order valence-electron chi connectivity index (χ0n) is 13.5. The van der Waals surface area contributed by atoms with E-state index in [1.165, 1.54) is 6.42 Å². The first-order valence-electron chi connectivity index (χ1n) is 8.93. The standard InChI is InChI=1S/C18H25N3O2/c22-16-8-7-13-14(20-16)5-3-6-15(13)21-17(23)18-9-2-1-4-12(18)10-19-11-18/h7-8,12,15,19H,1-6,9-11H2,(H,20,22)(H,21,23)/t12-,15?,18+/m0/s1. The summed E-state index contributed by atoms with van der Waals surface area (Å²) in [5.74, 6) is 0.700. The molecule has 124 valence electrons. The lowest BCUT2D eigenvalue weighted by Gasteiger charge is -2.39. The van der Waals surface area contributed by atoms with Gasteiger partial charge >= 0.3 is 0 Å². The van der Waals surface area contributed by atoms with Gasteiger partial charge in [0.25, 0.3) is 0 Å². The maximum absolute atomic E-state index is 13.1. The molecule has 0 aromatic carbocycles. The van der Waals surface area contributed by atoms with E-state index in [0.29, 0.717) is 5.92 Å². The van der Waals surface area contributed by atoms with Crippen LogP contribution >= 0.6 is 0 Å². The van der Waals surface area contributed by atoms with Crippen LogP contribution < -0.4 is 16.2 Å². The molecule has 1 saturated carbocycles. The van der Waals surface area contributed by atoms with Gasteiger partial charge in [0.15, 0.2) is 0 Å². The zero-order chi connectivity index (χ0) is 15.9. The Labute approximate surface area is 136 Å². The second kappa shape index (κ2) is 5.78. The van der Waals surface area contributed by atoms with E-state index in [0.717, 1.165) is 62.9 Å². The molecule has 1 saturated heterocycles. The first-order chi connectivity index (χ1) is 11.2. The van der Waals surface area contributed by atoms with Crippen molar-refractivity contribution >= 4 is 5.91 Å². The number of aromatic amines is 1. The number of nitrogens with one attached hydrogen (secondary N) is 3. The smallest absolute Gasteiger partial charge is 0.248 e. The monoisotopic (exact) mass is 315 g/mol. The number of carbonyl (C=O) groups is 1. The van der Waals surface area contributed by atoms with E-state index < -0.39 is 0 Å². The average Bonchev–Trinajstić information content (AvgIpc) is 3.00. The van der Waals surface area contributed by atoms with Crippen LogP contribution in [0, 0.1) is 11.3 Å². The molecule has 23 heavy (non-hydrogen) atoms. The number of pyridine rings is 1. The third kappa shape index (κ3) is 2.51. The van der Waals surface area contributed by atoms with Crippen molar-refractivity contribution in [3.8, 4) is 0 Å². The van der Waals surface area contributed by atoms with Crippen LogP contribution in [-0.4, -0.2) is 24.0 Å². The van der Waals surface area contributed by atoms with Crippen LogP contribution in [0.4, 0.5) is 0 Å². The van der Waals surface area contributed by atoms with Crippen LogP contribution in [0.5, 0.6) is 0 Å². The Hall–Kier alpha value is -1.62. The quantitative estimate of drug-likeness (QED) is 0.777. The fraction of sp³-hybridized carbons (Fsp3) is 0.667. The average molecular weight is 315 g/mol. The molecule has 1 unspecified atom stereocenters. The summed E-state index contributed by atoms with van der Waals surface area (Å²) in [7, 11) is 0. The lowest BCUT2D eigenvalue weighted by Crippen LogP contribution is -2.49. The maximum Gasteiger partial charge on any atom is 0.248 e. The molecule has 1 aromatic heterocycles. The van der Waals surface area contributed by atoms with Crippen molar-refractivity contribution in [3.63, 3.8) is 0 Å². The summed E-state index contributed by atoms with van der Waals surface area (Å²) in [5.41, 5.74) is 1.83. The molecule has 1 aromatic rings. The predicted molar refractivity (Wildman–Crippen MR) is 88.1 cm³/mol. The number of H-pyrrole nitrogens is 1. The third-order valence-corrected chi connectivity index (χ3v) is 6.13. The molecular formula is C18H25N3O2. The highest BCUT2D eigenvalue weighted by Crippen LogP contribution is 2.44. The molecule has 2 fully saturated rings. The highest BCUT2D eigenvalue weighted by molar-refractivity contribution is 5.84. The Kier molecular flexibility index (Phi) is 3.76. The lowest BCUT2D eigenvalue weighted by molar-refractivity contribution is -0.135. The number of carbonyl (C=O) groups excluding carboxylic acids is 1. The number of amides is 1. The van der Waals surface area contributed by atoms with E-state index in [4.69, 9.17) is 0 Å². The highest BCUT2D eigenvalue weighted by atomic mass is 16.2. The first kappa shape index (κ1) is 14.9. The Bertz CT molecular complexity index is 668. The minimum absolute atomic E-state index is 0.0423. The molecular weight excluding hydrogens is 290 g/mol. The summed E-state index contributed by atoms with van der Waals surface area (Å²) >= 11 is 0. The molecule has 3 atom stereocenters. The molecule has 3 aliphatic rings. The van der Waals surface area contributed by atoms with Gasteiger partial charge in [-0.2, -0.15) is 0 Å². The molecule has 0 spiro atoms. The molecule has 1 amide bonds. The molecule has 5 nitrogen and oxygen atoms in total. The summed E-state index contributed by atoms with van der Waals surface area (Å²) in [6.07, 6.45) is 7.42. The number of rotatable bonds is 2. The Morgan fingerprint density at radius 3 is 3.04 bits per heavy atom. The summed E-state index contributed by atoms with van der Waals surface area (Å²) < 4.78 is 0. The van der Waals surface area contributed by atoms with E-state index in [1.807, 2.05) is 6.07 Å². The molecule has 4 rings (SSSR count). The second-order valence-corrected chi connectivity index (χ2v) is 7.40. The number of hydrogen-bond acceptors (Lipinski definition) is 3. The molecule has 0 radical (unpaired) electrons. The van der Waals surface area contributed by atoms with Crippen molar-refractivity contribution in [2.24, 2.45) is 11.3 Å². The second-order valence-electron chi connectivity index (χ2n) is 7.40. The van der Waals surface area contributed by atoms with Crippen LogP contribution in [0.2, 0.25) is 0 Å². The molecule has 2 heterocycles. The molecule has 1 aliphatic heterocycles. The van der Waals surface area contributed by atoms with Gasteiger partial charge < -0.3 is 15.6 Å². The maximum atomic E-state index is 13.1. The van der Waals surface area contributed by atoms with Gasteiger partial charge in [0.05, 0.1) is 11.5 Å². The van der Waals surface area contributed by atoms with E-state index in [9.17, 15) is 9.59 Å². The van der Waals surface area contributed by atoms with Gasteiger partial charge in [-0.15, -0.1) is 0 Å². The van der Waals surface area contributed by atoms with Gasteiger partial charge in [0, 0.05) is 18.3 Å². The third-order valence-electron chi connectivity index (χ3n) is 6.13. The predicted octanol–water partition coefficient (Wildman–Crippen LogP) is 1.65. The van der Waals surface area contributed by atoms with Gasteiger partial charge in [0.1, 0.15) is 0 Å². The van der Waals surface area contributed by atoms with Crippen LogP contribution in [0.15, 0.2) is 16.9 Å². The lowest BCUT2D eigenvalue weighted by atomic mass is 9.67. The van der Waals surface area contributed by atoms with Gasteiger partial charge in [0.2, 0.25) is 11.5 Å². The normalized spacial score (nSPS) is 32.9. The number of hydrogen-bond donors (Lipinski definition) is 3. The van der Waals surface area contributed by atoms with Gasteiger partial charge in [-0.25, -0.2) is 0 Å². The topological polar surface area (TPSA) is 74.0 Å². The summed E-state index contributed by atoms with van der Waals surface area (Å²) in [6.45, 7) is 1.79. The minimum atomic E-state index is -0.210. The van der Waals surface area contributed by atoms with Gasteiger partial charge in [-0.3, -0.25) is 9.59 Å². The van der Waals surface area contributed by atoms with Crippen LogP contribution in [0.3, 0.4) is 0 Å². The summed E-state index contributed by atoms with van der Waals surface area (Å²) in [6, 6.07) is 3.50. The Morgan fingerprint density at radius 2 is 2.13 bits per heavy atom. The first-order valence-corrected chi connectivity index (χ1v) is 8.93. The van der Waals surface area contributed by atoms with Crippen molar-refractivity contribution in [2.75, 3.05) is 13.1 Å². The number of fused-ring (bicyclic) bond motifs is 2. The molecule has 0 bridgehead atoms. The van der Waals surface area contributed by atoms with E-state index in [1.54, 1.807) is 6.07 Å². The number of aryl methyl sites for hydroxylation is 1. The van der Waals surface area contributed by atoms with Crippen molar-refractivity contribution in [2.45, 2.75) is 51.0 Å². The van der Waals surface area contributed by atoms with Crippen molar-refractivity contribution in [1.29, 1.82) is 0 Å². The van der Waals surface area contributed by atoms with Crippen molar-refractivity contribution in [1.82, 2.24) is 15.6 Å². The summed E-state index contributed by atoms with van der Waals surface area (Å²) in [4.78, 5) is 27.6. The van der Waals surface area contributed by atoms with E-state index in [2.05, 4.69) is 15.6 Å². The fourth-order valence-electron chi connectivity index (χ4n) is 4.84. The van der Waals surface area contributed by atoms with Crippen LogP contribution in [-0.2, 0) is 11.2 Å². The zero-order valence-corrected chi connectivity index (χ0v) is 13.5. The fourth-order valence-corrected chi connectivity index (χ4v) is 4.84. The molecule has 5 heteroatoms.